The molecule has 0 radical (unpaired) electrons. The average Bonchev–Trinajstić information content (AvgIpc) is 2.53. The van der Waals surface area contributed by atoms with E-state index in [0.29, 0.717) is 22.0 Å². The number of halogens is 1. The van der Waals surface area contributed by atoms with Gasteiger partial charge in [-0.1, -0.05) is 12.1 Å². The summed E-state index contributed by atoms with van der Waals surface area (Å²) in [7, 11) is 3.03. The molecule has 2 aromatic rings. The third kappa shape index (κ3) is 3.76. The fourth-order valence-electron chi connectivity index (χ4n) is 1.81. The van der Waals surface area contributed by atoms with Gasteiger partial charge in [-0.2, -0.15) is 0 Å². The van der Waals surface area contributed by atoms with E-state index in [0.717, 1.165) is 11.8 Å². The van der Waals surface area contributed by atoms with Gasteiger partial charge in [-0.05, 0) is 30.3 Å². The highest BCUT2D eigenvalue weighted by molar-refractivity contribution is 8.00. The number of hydrogen-bond donors (Lipinski definition) is 0. The SMILES string of the molecule is COc1ccc(OC)c(C(=O)CSc2ccccc2F)c1. The molecule has 0 saturated heterocycles. The zero-order valence-electron chi connectivity index (χ0n) is 11.8. The molecule has 0 aliphatic rings. The molecule has 5 heteroatoms. The Balaban J connectivity index is 2.15. The standard InChI is InChI=1S/C16H15FO3S/c1-19-11-7-8-15(20-2)12(9-11)14(18)10-21-16-6-4-3-5-13(16)17/h3-9H,10H2,1-2H3. The molecule has 2 aromatic carbocycles. The van der Waals surface area contributed by atoms with Crippen LogP contribution in [0.1, 0.15) is 10.4 Å². The highest BCUT2D eigenvalue weighted by Gasteiger charge is 2.14. The van der Waals surface area contributed by atoms with E-state index in [1.807, 2.05) is 0 Å². The van der Waals surface area contributed by atoms with Gasteiger partial charge < -0.3 is 9.47 Å². The second kappa shape index (κ2) is 7.13. The van der Waals surface area contributed by atoms with Gasteiger partial charge in [-0.15, -0.1) is 11.8 Å². The van der Waals surface area contributed by atoms with E-state index < -0.39 is 0 Å². The minimum Gasteiger partial charge on any atom is -0.497 e. The molecular weight excluding hydrogens is 291 g/mol. The summed E-state index contributed by atoms with van der Waals surface area (Å²) >= 11 is 1.16. The molecule has 0 atom stereocenters. The Labute approximate surface area is 127 Å². The number of benzene rings is 2. The van der Waals surface area contributed by atoms with Crippen molar-refractivity contribution in [1.82, 2.24) is 0 Å². The van der Waals surface area contributed by atoms with Crippen molar-refractivity contribution < 1.29 is 18.7 Å². The van der Waals surface area contributed by atoms with E-state index >= 15 is 0 Å². The summed E-state index contributed by atoms with van der Waals surface area (Å²) in [5, 5.41) is 0. The normalized spacial score (nSPS) is 10.2. The second-order valence-corrected chi connectivity index (χ2v) is 5.23. The lowest BCUT2D eigenvalue weighted by Crippen LogP contribution is -2.05. The van der Waals surface area contributed by atoms with E-state index in [1.165, 1.54) is 20.3 Å². The molecule has 2 rings (SSSR count). The Hall–Kier alpha value is -2.01. The summed E-state index contributed by atoms with van der Waals surface area (Å²) in [5.41, 5.74) is 0.431. The number of methoxy groups -OCH3 is 2. The van der Waals surface area contributed by atoms with Crippen molar-refractivity contribution in [3.8, 4) is 11.5 Å². The van der Waals surface area contributed by atoms with Gasteiger partial charge in [0.25, 0.3) is 0 Å². The molecule has 0 aromatic heterocycles. The number of hydrogen-bond acceptors (Lipinski definition) is 4. The smallest absolute Gasteiger partial charge is 0.176 e. The monoisotopic (exact) mass is 306 g/mol. The van der Waals surface area contributed by atoms with Crippen molar-refractivity contribution in [2.45, 2.75) is 4.90 Å². The van der Waals surface area contributed by atoms with Gasteiger partial charge in [0.2, 0.25) is 0 Å². The Morgan fingerprint density at radius 3 is 2.57 bits per heavy atom. The van der Waals surface area contributed by atoms with E-state index in [-0.39, 0.29) is 17.4 Å². The van der Waals surface area contributed by atoms with Crippen molar-refractivity contribution in [2.75, 3.05) is 20.0 Å². The van der Waals surface area contributed by atoms with Crippen LogP contribution < -0.4 is 9.47 Å². The van der Waals surface area contributed by atoms with E-state index in [9.17, 15) is 9.18 Å². The molecule has 21 heavy (non-hydrogen) atoms. The molecule has 0 heterocycles. The van der Waals surface area contributed by atoms with Crippen LogP contribution in [-0.2, 0) is 0 Å². The molecule has 0 bridgehead atoms. The molecule has 0 saturated carbocycles. The summed E-state index contributed by atoms with van der Waals surface area (Å²) < 4.78 is 23.8. The Bertz CT molecular complexity index is 643. The van der Waals surface area contributed by atoms with Gasteiger partial charge in [-0.3, -0.25) is 4.79 Å². The van der Waals surface area contributed by atoms with Crippen LogP contribution in [-0.4, -0.2) is 25.8 Å². The summed E-state index contributed by atoms with van der Waals surface area (Å²) in [5.74, 6) is 0.724. The van der Waals surface area contributed by atoms with Gasteiger partial charge in [0.05, 0.1) is 25.5 Å². The predicted molar refractivity (Wildman–Crippen MR) is 81.0 cm³/mol. The molecule has 0 unspecified atom stereocenters. The number of Topliss-reactive ketones (excluding diaryl/α,β-unsaturated/α-hetero) is 1. The summed E-state index contributed by atoms with van der Waals surface area (Å²) in [6, 6.07) is 11.4. The maximum absolute atomic E-state index is 13.5. The first kappa shape index (κ1) is 15.4. The molecule has 0 aliphatic heterocycles. The van der Waals surface area contributed by atoms with E-state index in [2.05, 4.69) is 0 Å². The Morgan fingerprint density at radius 2 is 1.90 bits per heavy atom. The fraction of sp³-hybridized carbons (Fsp3) is 0.188. The van der Waals surface area contributed by atoms with Crippen LogP contribution in [0.15, 0.2) is 47.4 Å². The van der Waals surface area contributed by atoms with Gasteiger partial charge in [0, 0.05) is 4.90 Å². The number of carbonyl (C=O) groups excluding carboxylic acids is 1. The van der Waals surface area contributed by atoms with E-state index in [1.54, 1.807) is 36.4 Å². The van der Waals surface area contributed by atoms with E-state index in [4.69, 9.17) is 9.47 Å². The van der Waals surface area contributed by atoms with Crippen LogP contribution in [0.3, 0.4) is 0 Å². The molecule has 0 amide bonds. The van der Waals surface area contributed by atoms with Crippen LogP contribution in [0.2, 0.25) is 0 Å². The molecule has 0 N–H and O–H groups in total. The molecule has 110 valence electrons. The maximum Gasteiger partial charge on any atom is 0.176 e. The lowest BCUT2D eigenvalue weighted by molar-refractivity contribution is 0.101. The lowest BCUT2D eigenvalue weighted by Gasteiger charge is -2.09. The van der Waals surface area contributed by atoms with Crippen molar-refractivity contribution in [3.63, 3.8) is 0 Å². The number of thioether (sulfide) groups is 1. The van der Waals surface area contributed by atoms with Crippen molar-refractivity contribution in [1.29, 1.82) is 0 Å². The number of ether oxygens (including phenoxy) is 2. The van der Waals surface area contributed by atoms with Gasteiger partial charge in [0.15, 0.2) is 5.78 Å². The zero-order chi connectivity index (χ0) is 15.2. The first-order valence-electron chi connectivity index (χ1n) is 6.28. The third-order valence-electron chi connectivity index (χ3n) is 2.90. The minimum absolute atomic E-state index is 0.129. The molecule has 0 aliphatic carbocycles. The minimum atomic E-state index is -0.326. The molecule has 0 spiro atoms. The van der Waals surface area contributed by atoms with Crippen molar-refractivity contribution in [3.05, 3.63) is 53.8 Å². The Morgan fingerprint density at radius 1 is 1.14 bits per heavy atom. The van der Waals surface area contributed by atoms with Crippen molar-refractivity contribution in [2.24, 2.45) is 0 Å². The number of carbonyl (C=O) groups is 1. The van der Waals surface area contributed by atoms with Crippen LogP contribution in [0.25, 0.3) is 0 Å². The summed E-state index contributed by atoms with van der Waals surface area (Å²) in [6.45, 7) is 0. The van der Waals surface area contributed by atoms with Gasteiger partial charge in [0.1, 0.15) is 17.3 Å². The largest absolute Gasteiger partial charge is 0.497 e. The number of ketones is 1. The predicted octanol–water partition coefficient (Wildman–Crippen LogP) is 3.82. The summed E-state index contributed by atoms with van der Waals surface area (Å²) in [6.07, 6.45) is 0. The highest BCUT2D eigenvalue weighted by Crippen LogP contribution is 2.27. The third-order valence-corrected chi connectivity index (χ3v) is 3.95. The van der Waals surface area contributed by atoms with Gasteiger partial charge >= 0.3 is 0 Å². The van der Waals surface area contributed by atoms with Gasteiger partial charge in [-0.25, -0.2) is 4.39 Å². The van der Waals surface area contributed by atoms with Crippen LogP contribution in [0.4, 0.5) is 4.39 Å². The molecule has 3 nitrogen and oxygen atoms in total. The fourth-order valence-corrected chi connectivity index (χ4v) is 2.64. The lowest BCUT2D eigenvalue weighted by atomic mass is 10.1. The Kier molecular flexibility index (Phi) is 5.22. The van der Waals surface area contributed by atoms with Crippen LogP contribution in [0, 0.1) is 5.82 Å². The topological polar surface area (TPSA) is 35.5 Å². The van der Waals surface area contributed by atoms with Crippen molar-refractivity contribution >= 4 is 17.5 Å². The second-order valence-electron chi connectivity index (χ2n) is 4.21. The average molecular weight is 306 g/mol. The quantitative estimate of drug-likeness (QED) is 0.600. The summed E-state index contributed by atoms with van der Waals surface area (Å²) in [4.78, 5) is 12.7. The first-order chi connectivity index (χ1) is 10.2. The highest BCUT2D eigenvalue weighted by atomic mass is 32.2. The molecular formula is C16H15FO3S. The van der Waals surface area contributed by atoms with Crippen LogP contribution in [0.5, 0.6) is 11.5 Å². The van der Waals surface area contributed by atoms with Crippen LogP contribution >= 0.6 is 11.8 Å². The molecule has 0 fully saturated rings. The zero-order valence-corrected chi connectivity index (χ0v) is 12.6. The number of rotatable bonds is 6. The maximum atomic E-state index is 13.5. The first-order valence-corrected chi connectivity index (χ1v) is 7.27.